The van der Waals surface area contributed by atoms with Gasteiger partial charge in [0.2, 0.25) is 0 Å². The zero-order chi connectivity index (χ0) is 23.7. The topological polar surface area (TPSA) is 65.1 Å². The third kappa shape index (κ3) is 6.78. The molecule has 3 rings (SSSR count). The number of methoxy groups -OCH3 is 1. The molecule has 6 nitrogen and oxygen atoms in total. The van der Waals surface area contributed by atoms with Crippen LogP contribution >= 0.6 is 7.60 Å². The highest BCUT2D eigenvalue weighted by Gasteiger charge is 2.24. The molecule has 0 bridgehead atoms. The van der Waals surface area contributed by atoms with Crippen molar-refractivity contribution in [2.24, 2.45) is 0 Å². The van der Waals surface area contributed by atoms with Gasteiger partial charge >= 0.3 is 7.60 Å². The molecule has 0 aliphatic rings. The Morgan fingerprint density at radius 2 is 1.42 bits per heavy atom. The van der Waals surface area contributed by atoms with Gasteiger partial charge in [0.05, 0.1) is 33.0 Å². The third-order valence-electron chi connectivity index (χ3n) is 5.04. The normalized spacial score (nSPS) is 11.2. The van der Waals surface area contributed by atoms with E-state index < -0.39 is 7.60 Å². The predicted molar refractivity (Wildman–Crippen MR) is 131 cm³/mol. The van der Waals surface area contributed by atoms with Crippen molar-refractivity contribution in [2.75, 3.05) is 25.2 Å². The molecule has 7 heteroatoms. The van der Waals surface area contributed by atoms with Gasteiger partial charge in [-0.3, -0.25) is 9.36 Å². The van der Waals surface area contributed by atoms with E-state index in [9.17, 15) is 9.36 Å². The minimum Gasteiger partial charge on any atom is -0.497 e. The Balaban J connectivity index is 1.85. The third-order valence-corrected chi connectivity index (χ3v) is 7.10. The molecule has 0 radical (unpaired) electrons. The van der Waals surface area contributed by atoms with Gasteiger partial charge in [0.25, 0.3) is 5.91 Å². The van der Waals surface area contributed by atoms with Crippen molar-refractivity contribution in [3.8, 4) is 5.75 Å². The van der Waals surface area contributed by atoms with Crippen molar-refractivity contribution in [3.05, 3.63) is 95.6 Å². The van der Waals surface area contributed by atoms with Crippen LogP contribution in [0.15, 0.2) is 78.9 Å². The second kappa shape index (κ2) is 11.8. The number of ether oxygens (including phenoxy) is 1. The van der Waals surface area contributed by atoms with Crippen LogP contribution in [0, 0.1) is 0 Å². The van der Waals surface area contributed by atoms with E-state index in [-0.39, 0.29) is 12.1 Å². The van der Waals surface area contributed by atoms with E-state index in [2.05, 4.69) is 0 Å². The van der Waals surface area contributed by atoms with Crippen LogP contribution in [0.5, 0.6) is 5.75 Å². The number of hydrogen-bond acceptors (Lipinski definition) is 5. The van der Waals surface area contributed by atoms with Gasteiger partial charge in [0, 0.05) is 11.3 Å². The monoisotopic (exact) mass is 467 g/mol. The highest BCUT2D eigenvalue weighted by atomic mass is 31.2. The number of amides is 1. The van der Waals surface area contributed by atoms with Gasteiger partial charge in [-0.05, 0) is 61.4 Å². The van der Waals surface area contributed by atoms with Crippen molar-refractivity contribution in [3.63, 3.8) is 0 Å². The first-order valence-corrected chi connectivity index (χ1v) is 12.7. The highest BCUT2D eigenvalue weighted by molar-refractivity contribution is 7.53. The summed E-state index contributed by atoms with van der Waals surface area (Å²) in [7, 11) is -1.60. The van der Waals surface area contributed by atoms with Crippen LogP contribution in [0.3, 0.4) is 0 Å². The Bertz CT molecular complexity index is 1060. The number of rotatable bonds is 11. The lowest BCUT2D eigenvalue weighted by molar-refractivity contribution is 0.0985. The van der Waals surface area contributed by atoms with E-state index in [1.165, 1.54) is 0 Å². The molecule has 0 aliphatic heterocycles. The van der Waals surface area contributed by atoms with Gasteiger partial charge in [-0.2, -0.15) is 0 Å². The number of benzene rings is 3. The number of carbonyl (C=O) groups excluding carboxylic acids is 1. The molecule has 1 amide bonds. The molecule has 0 aromatic heterocycles. The molecule has 0 unspecified atom stereocenters. The quantitative estimate of drug-likeness (QED) is 0.309. The smallest absolute Gasteiger partial charge is 0.335 e. The molecule has 0 aliphatic carbocycles. The Labute approximate surface area is 195 Å². The van der Waals surface area contributed by atoms with Crippen LogP contribution in [0.2, 0.25) is 0 Å². The summed E-state index contributed by atoms with van der Waals surface area (Å²) in [5.41, 5.74) is 3.11. The van der Waals surface area contributed by atoms with Crippen molar-refractivity contribution in [1.82, 2.24) is 0 Å². The Morgan fingerprint density at radius 1 is 0.818 bits per heavy atom. The van der Waals surface area contributed by atoms with Crippen molar-refractivity contribution >= 4 is 19.2 Å². The van der Waals surface area contributed by atoms with Gasteiger partial charge < -0.3 is 18.7 Å². The first kappa shape index (κ1) is 24.7. The van der Waals surface area contributed by atoms with Gasteiger partial charge in [0.15, 0.2) is 0 Å². The largest absolute Gasteiger partial charge is 0.497 e. The maximum atomic E-state index is 13.5. The van der Waals surface area contributed by atoms with Gasteiger partial charge in [0.1, 0.15) is 5.75 Å². The van der Waals surface area contributed by atoms with Crippen LogP contribution in [-0.2, 0) is 26.3 Å². The van der Waals surface area contributed by atoms with Crippen LogP contribution in [0.25, 0.3) is 0 Å². The Kier molecular flexibility index (Phi) is 8.84. The van der Waals surface area contributed by atoms with Crippen molar-refractivity contribution in [1.29, 1.82) is 0 Å². The van der Waals surface area contributed by atoms with E-state index in [0.717, 1.165) is 22.6 Å². The fourth-order valence-corrected chi connectivity index (χ4v) is 5.16. The zero-order valence-corrected chi connectivity index (χ0v) is 20.2. The lowest BCUT2D eigenvalue weighted by Gasteiger charge is -2.24. The summed E-state index contributed by atoms with van der Waals surface area (Å²) in [5.74, 6) is 0.594. The van der Waals surface area contributed by atoms with Crippen molar-refractivity contribution < 1.29 is 23.1 Å². The molecule has 0 spiro atoms. The van der Waals surface area contributed by atoms with E-state index in [1.54, 1.807) is 50.1 Å². The van der Waals surface area contributed by atoms with E-state index in [0.29, 0.717) is 25.3 Å². The summed E-state index contributed by atoms with van der Waals surface area (Å²) >= 11 is 0. The number of anilines is 1. The number of carbonyl (C=O) groups is 1. The van der Waals surface area contributed by atoms with E-state index in [4.69, 9.17) is 13.8 Å². The summed E-state index contributed by atoms with van der Waals surface area (Å²) in [5, 5.41) is 0. The minimum absolute atomic E-state index is 0.131. The molecule has 0 fully saturated rings. The van der Waals surface area contributed by atoms with Crippen molar-refractivity contribution in [2.45, 2.75) is 26.6 Å². The predicted octanol–water partition coefficient (Wildman–Crippen LogP) is 6.31. The molecule has 3 aromatic rings. The van der Waals surface area contributed by atoms with E-state index in [1.807, 2.05) is 54.6 Å². The molecule has 3 aromatic carbocycles. The SMILES string of the molecule is CCOP(=O)(Cc1ccc(C(=O)N(Cc2ccccc2)c2ccc(OC)cc2)cc1)OCC. The maximum absolute atomic E-state index is 13.5. The van der Waals surface area contributed by atoms with Crippen LogP contribution in [-0.4, -0.2) is 26.2 Å². The Morgan fingerprint density at radius 3 is 1.97 bits per heavy atom. The first-order chi connectivity index (χ1) is 16.0. The van der Waals surface area contributed by atoms with Crippen LogP contribution in [0.1, 0.15) is 35.3 Å². The van der Waals surface area contributed by atoms with Gasteiger partial charge in [-0.25, -0.2) is 0 Å². The van der Waals surface area contributed by atoms with E-state index >= 15 is 0 Å². The molecular formula is C26H30NO5P. The minimum atomic E-state index is -3.21. The molecule has 0 atom stereocenters. The summed E-state index contributed by atoms with van der Waals surface area (Å²) in [6.07, 6.45) is 0.162. The molecule has 0 N–H and O–H groups in total. The summed E-state index contributed by atoms with van der Waals surface area (Å²) in [6, 6.07) is 24.4. The lowest BCUT2D eigenvalue weighted by Crippen LogP contribution is -2.30. The second-order valence-corrected chi connectivity index (χ2v) is 9.43. The average Bonchev–Trinajstić information content (AvgIpc) is 2.83. The number of hydrogen-bond donors (Lipinski definition) is 0. The lowest BCUT2D eigenvalue weighted by atomic mass is 10.1. The van der Waals surface area contributed by atoms with Gasteiger partial charge in [-0.15, -0.1) is 0 Å². The van der Waals surface area contributed by atoms with Crippen LogP contribution < -0.4 is 9.64 Å². The zero-order valence-electron chi connectivity index (χ0n) is 19.3. The summed E-state index contributed by atoms with van der Waals surface area (Å²) < 4.78 is 28.8. The maximum Gasteiger partial charge on any atom is 0.335 e. The highest BCUT2D eigenvalue weighted by Crippen LogP contribution is 2.51. The second-order valence-electron chi connectivity index (χ2n) is 7.38. The molecular weight excluding hydrogens is 437 g/mol. The fourth-order valence-electron chi connectivity index (χ4n) is 3.46. The molecule has 0 heterocycles. The first-order valence-electron chi connectivity index (χ1n) is 10.9. The molecule has 0 saturated carbocycles. The van der Waals surface area contributed by atoms with Crippen LogP contribution in [0.4, 0.5) is 5.69 Å². The molecule has 174 valence electrons. The molecule has 0 saturated heterocycles. The van der Waals surface area contributed by atoms with Gasteiger partial charge in [-0.1, -0.05) is 42.5 Å². The standard InChI is InChI=1S/C26H30NO5P/c1-4-31-33(29,32-5-2)20-22-11-13-23(14-12-22)26(28)27(19-21-9-7-6-8-10-21)24-15-17-25(30-3)18-16-24/h6-18H,4-5,19-20H2,1-3H3. The summed E-state index contributed by atoms with van der Waals surface area (Å²) in [6.45, 7) is 4.62. The molecule has 33 heavy (non-hydrogen) atoms. The Hall–Kier alpha value is -2.92. The number of nitrogens with zero attached hydrogens (tertiary/aromatic N) is 1. The fraction of sp³-hybridized carbons (Fsp3) is 0.269. The summed E-state index contributed by atoms with van der Waals surface area (Å²) in [4.78, 5) is 15.2. The average molecular weight is 468 g/mol.